The summed E-state index contributed by atoms with van der Waals surface area (Å²) in [4.78, 5) is 0.434. The Bertz CT molecular complexity index is 400. The van der Waals surface area contributed by atoms with E-state index < -0.39 is 0 Å². The summed E-state index contributed by atoms with van der Waals surface area (Å²) in [6.07, 6.45) is 1.37. The van der Waals surface area contributed by atoms with E-state index in [1.54, 1.807) is 0 Å². The summed E-state index contributed by atoms with van der Waals surface area (Å²) in [5, 5.41) is 0. The fourth-order valence-corrected chi connectivity index (χ4v) is 3.15. The molecular weight excluding hydrogens is 276 g/mol. The third-order valence-corrected chi connectivity index (χ3v) is 5.11. The molecular formula is C15H21BrO. The second kappa shape index (κ2) is 5.01. The molecule has 0 saturated carbocycles. The van der Waals surface area contributed by atoms with Crippen LogP contribution in [0.4, 0.5) is 0 Å². The number of rotatable bonds is 3. The maximum atomic E-state index is 5.73. The Labute approximate surface area is 113 Å². The summed E-state index contributed by atoms with van der Waals surface area (Å²) in [5.74, 6) is 2.38. The van der Waals surface area contributed by atoms with Crippen molar-refractivity contribution in [2.45, 2.75) is 45.0 Å². The summed E-state index contributed by atoms with van der Waals surface area (Å²) in [6, 6.07) is 6.61. The number of fused-ring (bicyclic) bond motifs is 1. The molecule has 0 saturated heterocycles. The van der Waals surface area contributed by atoms with Gasteiger partial charge in [-0.25, -0.2) is 0 Å². The first-order valence-corrected chi connectivity index (χ1v) is 7.34. The van der Waals surface area contributed by atoms with E-state index in [4.69, 9.17) is 4.74 Å². The molecule has 1 aromatic carbocycles. The Morgan fingerprint density at radius 2 is 2.00 bits per heavy atom. The van der Waals surface area contributed by atoms with Crippen LogP contribution in [0.3, 0.4) is 0 Å². The van der Waals surface area contributed by atoms with Crippen LogP contribution in [0.15, 0.2) is 18.2 Å². The summed E-state index contributed by atoms with van der Waals surface area (Å²) in [6.45, 7) is 8.98. The van der Waals surface area contributed by atoms with Gasteiger partial charge < -0.3 is 4.74 Å². The smallest absolute Gasteiger partial charge is 0.123 e. The molecule has 0 bridgehead atoms. The Kier molecular flexibility index (Phi) is 3.82. The van der Waals surface area contributed by atoms with Crippen LogP contribution in [0.25, 0.3) is 0 Å². The van der Waals surface area contributed by atoms with Gasteiger partial charge in [0, 0.05) is 11.2 Å². The van der Waals surface area contributed by atoms with Crippen molar-refractivity contribution in [3.8, 4) is 5.75 Å². The van der Waals surface area contributed by atoms with Gasteiger partial charge in [0.05, 0.1) is 0 Å². The quantitative estimate of drug-likeness (QED) is 0.732. The summed E-state index contributed by atoms with van der Waals surface area (Å²) in [7, 11) is 0. The first kappa shape index (κ1) is 12.9. The van der Waals surface area contributed by atoms with E-state index in [-0.39, 0.29) is 0 Å². The average molecular weight is 297 g/mol. The Morgan fingerprint density at radius 3 is 2.65 bits per heavy atom. The highest BCUT2D eigenvalue weighted by Crippen LogP contribution is 2.38. The highest BCUT2D eigenvalue weighted by Gasteiger charge is 2.23. The fourth-order valence-electron chi connectivity index (χ4n) is 2.25. The average Bonchev–Trinajstić information content (AvgIpc) is 2.65. The largest absolute Gasteiger partial charge is 0.490 e. The van der Waals surface area contributed by atoms with E-state index in [0.717, 1.165) is 12.2 Å². The minimum Gasteiger partial charge on any atom is -0.490 e. The second-order valence-electron chi connectivity index (χ2n) is 5.50. The van der Waals surface area contributed by atoms with Gasteiger partial charge in [0.15, 0.2) is 0 Å². The van der Waals surface area contributed by atoms with Crippen LogP contribution >= 0.6 is 15.9 Å². The molecule has 0 aromatic heterocycles. The lowest BCUT2D eigenvalue weighted by Gasteiger charge is -2.22. The molecule has 2 rings (SSSR count). The SMILES string of the molecule is CC1Cc2cc(C(Br)C(C)C(C)C)ccc2O1. The maximum Gasteiger partial charge on any atom is 0.123 e. The predicted molar refractivity (Wildman–Crippen MR) is 75.9 cm³/mol. The molecule has 2 heteroatoms. The molecule has 1 aromatic rings. The number of hydrogen-bond acceptors (Lipinski definition) is 1. The molecule has 1 aliphatic heterocycles. The van der Waals surface area contributed by atoms with Gasteiger partial charge in [0.2, 0.25) is 0 Å². The zero-order valence-corrected chi connectivity index (χ0v) is 12.6. The standard InChI is InChI=1S/C15H21BrO/c1-9(2)11(4)15(16)12-5-6-14-13(8-12)7-10(3)17-14/h5-6,8-11,15H,7H2,1-4H3. The fraction of sp³-hybridized carbons (Fsp3) is 0.600. The summed E-state index contributed by atoms with van der Waals surface area (Å²) in [5.41, 5.74) is 2.73. The van der Waals surface area contributed by atoms with E-state index in [1.165, 1.54) is 11.1 Å². The third-order valence-electron chi connectivity index (χ3n) is 3.75. The van der Waals surface area contributed by atoms with E-state index >= 15 is 0 Å². The third kappa shape index (κ3) is 2.67. The van der Waals surface area contributed by atoms with Crippen LogP contribution in [0.1, 0.15) is 43.6 Å². The zero-order chi connectivity index (χ0) is 12.6. The molecule has 0 fully saturated rings. The molecule has 1 heterocycles. The van der Waals surface area contributed by atoms with Gasteiger partial charge in [-0.2, -0.15) is 0 Å². The molecule has 1 nitrogen and oxygen atoms in total. The molecule has 94 valence electrons. The molecule has 17 heavy (non-hydrogen) atoms. The Balaban J connectivity index is 2.21. The lowest BCUT2D eigenvalue weighted by molar-refractivity contribution is 0.254. The topological polar surface area (TPSA) is 9.23 Å². The van der Waals surface area contributed by atoms with E-state index in [9.17, 15) is 0 Å². The van der Waals surface area contributed by atoms with Gasteiger partial charge in [-0.05, 0) is 36.0 Å². The van der Waals surface area contributed by atoms with Crippen molar-refractivity contribution in [3.05, 3.63) is 29.3 Å². The predicted octanol–water partition coefficient (Wildman–Crippen LogP) is 4.74. The van der Waals surface area contributed by atoms with Crippen molar-refractivity contribution in [2.24, 2.45) is 11.8 Å². The molecule has 0 N–H and O–H groups in total. The van der Waals surface area contributed by atoms with Crippen LogP contribution in [-0.2, 0) is 6.42 Å². The minimum atomic E-state index is 0.330. The highest BCUT2D eigenvalue weighted by atomic mass is 79.9. The van der Waals surface area contributed by atoms with Crippen molar-refractivity contribution in [1.82, 2.24) is 0 Å². The van der Waals surface area contributed by atoms with Gasteiger partial charge >= 0.3 is 0 Å². The van der Waals surface area contributed by atoms with E-state index in [0.29, 0.717) is 22.8 Å². The van der Waals surface area contributed by atoms with Crippen molar-refractivity contribution < 1.29 is 4.74 Å². The molecule has 0 radical (unpaired) electrons. The highest BCUT2D eigenvalue weighted by molar-refractivity contribution is 9.09. The van der Waals surface area contributed by atoms with Crippen molar-refractivity contribution >= 4 is 15.9 Å². The molecule has 0 spiro atoms. The molecule has 1 aliphatic rings. The van der Waals surface area contributed by atoms with E-state index in [2.05, 4.69) is 61.8 Å². The molecule has 3 unspecified atom stereocenters. The van der Waals surface area contributed by atoms with Crippen LogP contribution in [-0.4, -0.2) is 6.10 Å². The number of alkyl halides is 1. The molecule has 3 atom stereocenters. The molecule has 0 amide bonds. The van der Waals surface area contributed by atoms with Crippen molar-refractivity contribution in [1.29, 1.82) is 0 Å². The molecule has 0 aliphatic carbocycles. The Morgan fingerprint density at radius 1 is 1.29 bits per heavy atom. The number of hydrogen-bond donors (Lipinski definition) is 0. The van der Waals surface area contributed by atoms with Crippen LogP contribution in [0.2, 0.25) is 0 Å². The second-order valence-corrected chi connectivity index (χ2v) is 6.49. The first-order chi connectivity index (χ1) is 7.99. The lowest BCUT2D eigenvalue weighted by atomic mass is 9.90. The van der Waals surface area contributed by atoms with Gasteiger partial charge in [0.25, 0.3) is 0 Å². The van der Waals surface area contributed by atoms with Crippen LogP contribution < -0.4 is 4.74 Å². The van der Waals surface area contributed by atoms with Gasteiger partial charge in [-0.3, -0.25) is 0 Å². The maximum absolute atomic E-state index is 5.73. The number of ether oxygens (including phenoxy) is 1. The Hall–Kier alpha value is -0.500. The van der Waals surface area contributed by atoms with Gasteiger partial charge in [-0.1, -0.05) is 48.8 Å². The number of halogens is 1. The summed E-state index contributed by atoms with van der Waals surface area (Å²) < 4.78 is 5.73. The van der Waals surface area contributed by atoms with Crippen molar-refractivity contribution in [2.75, 3.05) is 0 Å². The van der Waals surface area contributed by atoms with Crippen LogP contribution in [0, 0.1) is 11.8 Å². The van der Waals surface area contributed by atoms with E-state index in [1.807, 2.05) is 0 Å². The van der Waals surface area contributed by atoms with Crippen molar-refractivity contribution in [3.63, 3.8) is 0 Å². The summed E-state index contributed by atoms with van der Waals surface area (Å²) >= 11 is 3.83. The number of benzene rings is 1. The normalized spacial score (nSPS) is 22.1. The minimum absolute atomic E-state index is 0.330. The van der Waals surface area contributed by atoms with Crippen LogP contribution in [0.5, 0.6) is 5.75 Å². The monoisotopic (exact) mass is 296 g/mol. The zero-order valence-electron chi connectivity index (χ0n) is 11.0. The van der Waals surface area contributed by atoms with Gasteiger partial charge in [-0.15, -0.1) is 0 Å². The van der Waals surface area contributed by atoms with Gasteiger partial charge in [0.1, 0.15) is 11.9 Å². The first-order valence-electron chi connectivity index (χ1n) is 6.42. The lowest BCUT2D eigenvalue weighted by Crippen LogP contribution is -2.10.